The van der Waals surface area contributed by atoms with Crippen molar-refractivity contribution in [3.8, 4) is 5.75 Å². The second kappa shape index (κ2) is 6.15. The van der Waals surface area contributed by atoms with Crippen molar-refractivity contribution >= 4 is 5.91 Å². The van der Waals surface area contributed by atoms with E-state index in [9.17, 15) is 9.59 Å². The summed E-state index contributed by atoms with van der Waals surface area (Å²) in [5.74, 6) is 1.04. The van der Waals surface area contributed by atoms with E-state index < -0.39 is 5.63 Å². The first-order valence-corrected chi connectivity index (χ1v) is 7.99. The molecule has 3 rings (SSSR count). The van der Waals surface area contributed by atoms with Crippen LogP contribution in [0.1, 0.15) is 32.8 Å². The van der Waals surface area contributed by atoms with Crippen molar-refractivity contribution in [3.63, 3.8) is 0 Å². The van der Waals surface area contributed by atoms with Gasteiger partial charge in [0.1, 0.15) is 17.6 Å². The monoisotopic (exact) mass is 327 g/mol. The molecule has 1 amide bonds. The third-order valence-electron chi connectivity index (χ3n) is 4.20. The van der Waals surface area contributed by atoms with Gasteiger partial charge in [0.2, 0.25) is 0 Å². The number of hydrogen-bond donors (Lipinski definition) is 0. The van der Waals surface area contributed by atoms with E-state index in [1.807, 2.05) is 32.9 Å². The minimum Gasteiger partial charge on any atom is -0.486 e. The highest BCUT2D eigenvalue weighted by atomic mass is 16.5. The minimum atomic E-state index is -0.428. The van der Waals surface area contributed by atoms with Crippen LogP contribution in [0.3, 0.4) is 0 Å². The third-order valence-corrected chi connectivity index (χ3v) is 4.20. The molecule has 1 aliphatic heterocycles. The number of rotatable bonds is 3. The molecule has 1 fully saturated rings. The summed E-state index contributed by atoms with van der Waals surface area (Å²) in [5, 5.41) is 0. The maximum absolute atomic E-state index is 12.7. The summed E-state index contributed by atoms with van der Waals surface area (Å²) in [4.78, 5) is 25.8. The van der Waals surface area contributed by atoms with Crippen molar-refractivity contribution in [2.24, 2.45) is 0 Å². The number of nitrogens with zero attached hydrogens (tertiary/aromatic N) is 1. The molecule has 2 heterocycles. The molecule has 2 aromatic rings. The summed E-state index contributed by atoms with van der Waals surface area (Å²) in [6.45, 7) is 8.70. The van der Waals surface area contributed by atoms with Crippen molar-refractivity contribution in [1.82, 2.24) is 4.90 Å². The molecule has 0 N–H and O–H groups in total. The van der Waals surface area contributed by atoms with Crippen LogP contribution in [0.4, 0.5) is 0 Å². The van der Waals surface area contributed by atoms with Crippen LogP contribution in [0.5, 0.6) is 5.75 Å². The van der Waals surface area contributed by atoms with Crippen molar-refractivity contribution in [2.45, 2.75) is 33.8 Å². The van der Waals surface area contributed by atoms with Crippen LogP contribution in [0.15, 0.2) is 33.5 Å². The molecule has 0 atom stereocenters. The Balaban J connectivity index is 1.66. The van der Waals surface area contributed by atoms with E-state index in [0.29, 0.717) is 24.6 Å². The fourth-order valence-corrected chi connectivity index (χ4v) is 3.19. The highest BCUT2D eigenvalue weighted by Crippen LogP contribution is 2.23. The zero-order valence-corrected chi connectivity index (χ0v) is 14.4. The Kier molecular flexibility index (Phi) is 4.18. The fraction of sp³-hybridized carbons (Fsp3) is 0.368. The van der Waals surface area contributed by atoms with E-state index in [-0.39, 0.29) is 12.0 Å². The summed E-state index contributed by atoms with van der Waals surface area (Å²) in [7, 11) is 0. The molecular weight excluding hydrogens is 306 g/mol. The van der Waals surface area contributed by atoms with Gasteiger partial charge in [-0.2, -0.15) is 0 Å². The molecule has 0 aliphatic carbocycles. The number of ether oxygens (including phenoxy) is 1. The largest absolute Gasteiger partial charge is 0.486 e. The third kappa shape index (κ3) is 3.20. The summed E-state index contributed by atoms with van der Waals surface area (Å²) in [6.07, 6.45) is -0.0961. The number of benzene rings is 1. The summed E-state index contributed by atoms with van der Waals surface area (Å²) < 4.78 is 10.7. The smallest absolute Gasteiger partial charge is 0.339 e. The first-order chi connectivity index (χ1) is 11.3. The summed E-state index contributed by atoms with van der Waals surface area (Å²) in [6, 6.07) is 7.06. The highest BCUT2D eigenvalue weighted by molar-refractivity contribution is 5.97. The average Bonchev–Trinajstić information content (AvgIpc) is 2.39. The van der Waals surface area contributed by atoms with Gasteiger partial charge in [0.25, 0.3) is 5.91 Å². The lowest BCUT2D eigenvalue weighted by atomic mass is 9.97. The van der Waals surface area contributed by atoms with E-state index in [1.165, 1.54) is 6.07 Å². The maximum atomic E-state index is 12.7. The van der Waals surface area contributed by atoms with Gasteiger partial charge >= 0.3 is 5.63 Å². The molecule has 1 saturated heterocycles. The number of carbonyl (C=O) groups is 1. The molecule has 5 heteroatoms. The van der Waals surface area contributed by atoms with Crippen LogP contribution >= 0.6 is 0 Å². The number of hydrogen-bond acceptors (Lipinski definition) is 4. The topological polar surface area (TPSA) is 59.8 Å². The van der Waals surface area contributed by atoms with Gasteiger partial charge in [-0.05, 0) is 38.8 Å². The van der Waals surface area contributed by atoms with Gasteiger partial charge < -0.3 is 14.1 Å². The highest BCUT2D eigenvalue weighted by Gasteiger charge is 2.34. The molecule has 126 valence electrons. The fourth-order valence-electron chi connectivity index (χ4n) is 3.19. The van der Waals surface area contributed by atoms with Crippen LogP contribution in [0.2, 0.25) is 0 Å². The van der Waals surface area contributed by atoms with E-state index >= 15 is 0 Å². The molecule has 1 aromatic heterocycles. The standard InChI is InChI=1S/C19H21NO4/c1-11-5-12(2)18(13(3)6-11)19(22)20-9-16(10-20)24-15-7-14(4)23-17(21)8-15/h5-8,16H,9-10H2,1-4H3. The molecule has 0 unspecified atom stereocenters. The van der Waals surface area contributed by atoms with Crippen LogP contribution in [-0.2, 0) is 0 Å². The normalized spacial score (nSPS) is 14.4. The Morgan fingerprint density at radius 2 is 1.71 bits per heavy atom. The van der Waals surface area contributed by atoms with Crippen LogP contribution < -0.4 is 10.4 Å². The predicted molar refractivity (Wildman–Crippen MR) is 90.7 cm³/mol. The molecular formula is C19H21NO4. The van der Waals surface area contributed by atoms with E-state index in [2.05, 4.69) is 0 Å². The molecule has 0 bridgehead atoms. The molecule has 5 nitrogen and oxygen atoms in total. The Morgan fingerprint density at radius 3 is 2.29 bits per heavy atom. The maximum Gasteiger partial charge on any atom is 0.339 e. The first kappa shape index (κ1) is 16.3. The molecule has 0 spiro atoms. The molecule has 0 saturated carbocycles. The zero-order valence-electron chi connectivity index (χ0n) is 14.4. The van der Waals surface area contributed by atoms with Gasteiger partial charge in [-0.3, -0.25) is 4.79 Å². The van der Waals surface area contributed by atoms with Gasteiger partial charge in [-0.1, -0.05) is 17.7 Å². The van der Waals surface area contributed by atoms with Crippen LogP contribution in [0.25, 0.3) is 0 Å². The second-order valence-corrected chi connectivity index (χ2v) is 6.45. The van der Waals surface area contributed by atoms with Crippen molar-refractivity contribution in [2.75, 3.05) is 13.1 Å². The van der Waals surface area contributed by atoms with Gasteiger partial charge in [-0.15, -0.1) is 0 Å². The van der Waals surface area contributed by atoms with E-state index in [0.717, 1.165) is 22.3 Å². The summed E-state index contributed by atoms with van der Waals surface area (Å²) in [5.41, 5.74) is 3.50. The molecule has 1 aromatic carbocycles. The molecule has 1 aliphatic rings. The van der Waals surface area contributed by atoms with Gasteiger partial charge in [0.05, 0.1) is 19.2 Å². The van der Waals surface area contributed by atoms with E-state index in [4.69, 9.17) is 9.15 Å². The quantitative estimate of drug-likeness (QED) is 0.870. The number of amides is 1. The summed E-state index contributed by atoms with van der Waals surface area (Å²) >= 11 is 0. The van der Waals surface area contributed by atoms with Crippen LogP contribution in [-0.4, -0.2) is 30.0 Å². The Labute approximate surface area is 140 Å². The van der Waals surface area contributed by atoms with Gasteiger partial charge in [0.15, 0.2) is 0 Å². The zero-order chi connectivity index (χ0) is 17.4. The minimum absolute atomic E-state index is 0.0357. The Bertz CT molecular complexity index is 824. The predicted octanol–water partition coefficient (Wildman–Crippen LogP) is 2.78. The van der Waals surface area contributed by atoms with Crippen molar-refractivity contribution in [3.05, 3.63) is 62.7 Å². The molecule has 0 radical (unpaired) electrons. The first-order valence-electron chi connectivity index (χ1n) is 7.99. The Morgan fingerprint density at radius 1 is 1.08 bits per heavy atom. The van der Waals surface area contributed by atoms with Gasteiger partial charge in [0, 0.05) is 11.6 Å². The second-order valence-electron chi connectivity index (χ2n) is 6.45. The van der Waals surface area contributed by atoms with Crippen molar-refractivity contribution in [1.29, 1.82) is 0 Å². The lowest BCUT2D eigenvalue weighted by Gasteiger charge is -2.39. The Hall–Kier alpha value is -2.56. The van der Waals surface area contributed by atoms with Gasteiger partial charge in [-0.25, -0.2) is 4.79 Å². The van der Waals surface area contributed by atoms with E-state index in [1.54, 1.807) is 17.9 Å². The SMILES string of the molecule is Cc1cc(C)c(C(=O)N2CC(Oc3cc(C)oc(=O)c3)C2)c(C)c1. The lowest BCUT2D eigenvalue weighted by Crippen LogP contribution is -2.56. The number of likely N-dealkylation sites (tertiary alicyclic amines) is 1. The van der Waals surface area contributed by atoms with Crippen molar-refractivity contribution < 1.29 is 13.9 Å². The number of carbonyl (C=O) groups excluding carboxylic acids is 1. The average molecular weight is 327 g/mol. The lowest BCUT2D eigenvalue weighted by molar-refractivity contribution is 0.0173. The molecule has 24 heavy (non-hydrogen) atoms. The number of aryl methyl sites for hydroxylation is 4. The van der Waals surface area contributed by atoms with Crippen LogP contribution in [0, 0.1) is 27.7 Å².